The van der Waals surface area contributed by atoms with Gasteiger partial charge in [0.05, 0.1) is 11.4 Å². The normalized spacial score (nSPS) is 12.0. The Labute approximate surface area is 338 Å². The monoisotopic (exact) mass is 744 g/mol. The molecule has 9 aromatic rings. The fourth-order valence-electron chi connectivity index (χ4n) is 8.18. The van der Waals surface area contributed by atoms with Crippen molar-refractivity contribution in [3.05, 3.63) is 218 Å². The van der Waals surface area contributed by atoms with Gasteiger partial charge in [0.2, 0.25) is 0 Å². The van der Waals surface area contributed by atoms with Crippen LogP contribution in [0.3, 0.4) is 0 Å². The number of benzene rings is 9. The lowest BCUT2D eigenvalue weighted by molar-refractivity contribution is 0.446. The van der Waals surface area contributed by atoms with E-state index in [4.69, 9.17) is 9.47 Å². The third kappa shape index (κ3) is 5.96. The Hall–Kier alpha value is -7.82. The van der Waals surface area contributed by atoms with Crippen molar-refractivity contribution < 1.29 is 9.47 Å². The van der Waals surface area contributed by atoms with Crippen molar-refractivity contribution in [3.63, 3.8) is 0 Å². The van der Waals surface area contributed by atoms with Gasteiger partial charge in [-0.15, -0.1) is 0 Å². The zero-order valence-electron chi connectivity index (χ0n) is 31.5. The van der Waals surface area contributed by atoms with Crippen molar-refractivity contribution in [2.24, 2.45) is 0 Å². The molecule has 0 saturated carbocycles. The van der Waals surface area contributed by atoms with Gasteiger partial charge in [-0.3, -0.25) is 4.90 Å². The standard InChI is InChI=1S/C54H36N2O2/c1-3-12-37(13-4-1)39-26-30-46(31-27-39)55(45-16-5-2-6-17-45)47-32-28-40(29-33-47)38-22-24-41(25-23-38)42-14-11-15-43(34-42)44-35-52-54-53(36-44)58-51-21-10-8-19-49(51)56(54)48-18-7-9-20-50(48)57-52/h1-36H. The van der Waals surface area contributed by atoms with Crippen molar-refractivity contribution in [2.45, 2.75) is 0 Å². The number of hydrogen-bond donors (Lipinski definition) is 0. The number of para-hydroxylation sites is 5. The molecule has 0 aromatic heterocycles. The topological polar surface area (TPSA) is 24.9 Å². The van der Waals surface area contributed by atoms with Crippen LogP contribution in [0.1, 0.15) is 0 Å². The van der Waals surface area contributed by atoms with Gasteiger partial charge in [0.15, 0.2) is 23.0 Å². The predicted octanol–water partition coefficient (Wildman–Crippen LogP) is 15.5. The minimum atomic E-state index is 0.773. The van der Waals surface area contributed by atoms with Gasteiger partial charge in [0, 0.05) is 17.1 Å². The summed E-state index contributed by atoms with van der Waals surface area (Å²) in [4.78, 5) is 4.56. The Bertz CT molecular complexity index is 2850. The highest BCUT2D eigenvalue weighted by Crippen LogP contribution is 2.60. The molecule has 0 N–H and O–H groups in total. The highest BCUT2D eigenvalue weighted by molar-refractivity contribution is 5.95. The molecule has 58 heavy (non-hydrogen) atoms. The van der Waals surface area contributed by atoms with E-state index in [1.807, 2.05) is 36.4 Å². The zero-order chi connectivity index (χ0) is 38.4. The van der Waals surface area contributed by atoms with Crippen molar-refractivity contribution in [1.29, 1.82) is 0 Å². The molecule has 4 heteroatoms. The Balaban J connectivity index is 0.871. The lowest BCUT2D eigenvalue weighted by Gasteiger charge is -2.38. The molecule has 0 atom stereocenters. The Kier molecular flexibility index (Phi) is 8.11. The maximum atomic E-state index is 6.53. The van der Waals surface area contributed by atoms with E-state index in [0.29, 0.717) is 0 Å². The SMILES string of the molecule is c1ccc(-c2ccc(N(c3ccccc3)c3ccc(-c4ccc(-c5cccc(-c6cc7c8c(c6)Oc6ccccc6N8c6ccccc6O7)c5)cc4)cc3)cc2)cc1. The quantitative estimate of drug-likeness (QED) is 0.162. The van der Waals surface area contributed by atoms with E-state index in [-0.39, 0.29) is 0 Å². The molecule has 0 unspecified atom stereocenters. The van der Waals surface area contributed by atoms with Gasteiger partial charge in [-0.1, -0.05) is 140 Å². The summed E-state index contributed by atoms with van der Waals surface area (Å²) < 4.78 is 13.1. The molecule has 4 nitrogen and oxygen atoms in total. The number of fused-ring (bicyclic) bond motifs is 4. The summed E-state index contributed by atoms with van der Waals surface area (Å²) in [7, 11) is 0. The van der Waals surface area contributed by atoms with Crippen LogP contribution in [-0.2, 0) is 0 Å². The van der Waals surface area contributed by atoms with E-state index in [2.05, 4.69) is 192 Å². The number of hydrogen-bond acceptors (Lipinski definition) is 4. The van der Waals surface area contributed by atoms with Gasteiger partial charge >= 0.3 is 0 Å². The number of rotatable bonds is 7. The molecule has 0 fully saturated rings. The van der Waals surface area contributed by atoms with E-state index in [0.717, 1.165) is 90.5 Å². The molecule has 274 valence electrons. The molecule has 0 radical (unpaired) electrons. The molecule has 11 rings (SSSR count). The number of nitrogens with zero attached hydrogens (tertiary/aromatic N) is 2. The fourth-order valence-corrected chi connectivity index (χ4v) is 8.18. The summed E-state index contributed by atoms with van der Waals surface area (Å²) in [5, 5.41) is 0. The van der Waals surface area contributed by atoms with Gasteiger partial charge in [-0.2, -0.15) is 0 Å². The first-order valence-electron chi connectivity index (χ1n) is 19.6. The van der Waals surface area contributed by atoms with Gasteiger partial charge in [0.1, 0.15) is 5.69 Å². The van der Waals surface area contributed by atoms with Crippen LogP contribution in [0, 0.1) is 0 Å². The van der Waals surface area contributed by atoms with E-state index in [1.54, 1.807) is 0 Å². The van der Waals surface area contributed by atoms with Crippen LogP contribution in [-0.4, -0.2) is 0 Å². The van der Waals surface area contributed by atoms with E-state index in [9.17, 15) is 0 Å². The first kappa shape index (κ1) is 33.5. The van der Waals surface area contributed by atoms with Crippen LogP contribution in [0.15, 0.2) is 218 Å². The van der Waals surface area contributed by atoms with Crippen molar-refractivity contribution >= 4 is 34.1 Å². The molecular formula is C54H36N2O2. The average Bonchev–Trinajstić information content (AvgIpc) is 3.30. The minimum Gasteiger partial charge on any atom is -0.453 e. The summed E-state index contributed by atoms with van der Waals surface area (Å²) in [6.45, 7) is 0. The zero-order valence-corrected chi connectivity index (χ0v) is 31.5. The van der Waals surface area contributed by atoms with E-state index < -0.39 is 0 Å². The molecule has 0 aliphatic carbocycles. The summed E-state index contributed by atoms with van der Waals surface area (Å²) in [5.41, 5.74) is 15.4. The van der Waals surface area contributed by atoms with Gasteiger partial charge < -0.3 is 14.4 Å². The summed E-state index contributed by atoms with van der Waals surface area (Å²) in [6.07, 6.45) is 0. The Morgan fingerprint density at radius 2 is 0.655 bits per heavy atom. The molecule has 9 aromatic carbocycles. The molecule has 2 aliphatic heterocycles. The van der Waals surface area contributed by atoms with Crippen molar-refractivity contribution in [3.8, 4) is 67.5 Å². The van der Waals surface area contributed by atoms with Crippen molar-refractivity contribution in [2.75, 3.05) is 9.80 Å². The molecule has 0 bridgehead atoms. The minimum absolute atomic E-state index is 0.773. The van der Waals surface area contributed by atoms with Gasteiger partial charge in [-0.05, 0) is 123 Å². The first-order chi connectivity index (χ1) is 28.7. The van der Waals surface area contributed by atoms with Crippen LogP contribution >= 0.6 is 0 Å². The second kappa shape index (κ2) is 14.0. The number of ether oxygens (including phenoxy) is 2. The van der Waals surface area contributed by atoms with Crippen LogP contribution in [0.4, 0.5) is 34.1 Å². The lowest BCUT2D eigenvalue weighted by atomic mass is 9.96. The first-order valence-corrected chi connectivity index (χ1v) is 19.6. The third-order valence-electron chi connectivity index (χ3n) is 11.0. The largest absolute Gasteiger partial charge is 0.453 e. The van der Waals surface area contributed by atoms with Crippen LogP contribution in [0.2, 0.25) is 0 Å². The second-order valence-electron chi connectivity index (χ2n) is 14.6. The molecular weight excluding hydrogens is 709 g/mol. The van der Waals surface area contributed by atoms with E-state index in [1.165, 1.54) is 11.1 Å². The third-order valence-corrected chi connectivity index (χ3v) is 11.0. The molecule has 2 aliphatic rings. The molecule has 0 amide bonds. The van der Waals surface area contributed by atoms with Crippen LogP contribution in [0.25, 0.3) is 44.5 Å². The molecule has 2 heterocycles. The fraction of sp³-hybridized carbons (Fsp3) is 0. The lowest BCUT2D eigenvalue weighted by Crippen LogP contribution is -2.20. The van der Waals surface area contributed by atoms with Gasteiger partial charge in [0.25, 0.3) is 0 Å². The van der Waals surface area contributed by atoms with Crippen LogP contribution in [0.5, 0.6) is 23.0 Å². The van der Waals surface area contributed by atoms with Gasteiger partial charge in [-0.25, -0.2) is 0 Å². The summed E-state index contributed by atoms with van der Waals surface area (Å²) in [6, 6.07) is 76.8. The summed E-state index contributed by atoms with van der Waals surface area (Å²) >= 11 is 0. The summed E-state index contributed by atoms with van der Waals surface area (Å²) in [5.74, 6) is 3.19. The van der Waals surface area contributed by atoms with Crippen LogP contribution < -0.4 is 19.3 Å². The Morgan fingerprint density at radius 1 is 0.276 bits per heavy atom. The number of anilines is 6. The predicted molar refractivity (Wildman–Crippen MR) is 238 cm³/mol. The maximum Gasteiger partial charge on any atom is 0.156 e. The molecule has 0 spiro atoms. The highest BCUT2D eigenvalue weighted by Gasteiger charge is 2.35. The Morgan fingerprint density at radius 3 is 1.19 bits per heavy atom. The average molecular weight is 745 g/mol. The maximum absolute atomic E-state index is 6.53. The second-order valence-corrected chi connectivity index (χ2v) is 14.6. The van der Waals surface area contributed by atoms with Crippen molar-refractivity contribution in [1.82, 2.24) is 0 Å². The van der Waals surface area contributed by atoms with E-state index >= 15 is 0 Å². The molecule has 0 saturated heterocycles. The smallest absolute Gasteiger partial charge is 0.156 e. The highest BCUT2D eigenvalue weighted by atomic mass is 16.5.